The van der Waals surface area contributed by atoms with Crippen molar-refractivity contribution in [3.8, 4) is 0 Å². The Hall–Kier alpha value is -6.77. The molecule has 1 fully saturated rings. The number of carbonyl (C=O) groups is 11. The van der Waals surface area contributed by atoms with Crippen molar-refractivity contribution in [3.05, 3.63) is 35.9 Å². The monoisotopic (exact) mass is 1090 g/mol. The van der Waals surface area contributed by atoms with Crippen LogP contribution in [0.4, 0.5) is 0 Å². The van der Waals surface area contributed by atoms with E-state index in [0.29, 0.717) is 6.42 Å². The molecule has 1 saturated heterocycles. The smallest absolute Gasteiger partial charge is 0.325 e. The van der Waals surface area contributed by atoms with Gasteiger partial charge in [0.2, 0.25) is 59.1 Å². The van der Waals surface area contributed by atoms with E-state index in [1.54, 1.807) is 6.07 Å². The van der Waals surface area contributed by atoms with Gasteiger partial charge >= 0.3 is 5.97 Å². The number of rotatable bonds is 21. The second-order valence-corrected chi connectivity index (χ2v) is 19.1. The molecule has 77 heavy (non-hydrogen) atoms. The first-order valence-corrected chi connectivity index (χ1v) is 26.5. The zero-order valence-electron chi connectivity index (χ0n) is 44.5. The molecule has 9 atom stereocenters. The topological polar surface area (TPSA) is 418 Å². The van der Waals surface area contributed by atoms with Gasteiger partial charge in [0.15, 0.2) is 0 Å². The van der Waals surface area contributed by atoms with Gasteiger partial charge in [0, 0.05) is 13.0 Å². The predicted octanol–water partition coefficient (Wildman–Crippen LogP) is -2.61. The number of carbonyl (C=O) groups excluding carboxylic acids is 11. The molecule has 10 amide bonds. The maximum Gasteiger partial charge on any atom is 0.325 e. The number of ether oxygens (including phenoxy) is 1. The lowest BCUT2D eigenvalue weighted by Crippen LogP contribution is -2.62. The average molecular weight is 1090 g/mol. The molecule has 16 N–H and O–H groups in total. The summed E-state index contributed by atoms with van der Waals surface area (Å²) in [7, 11) is 0. The van der Waals surface area contributed by atoms with Crippen molar-refractivity contribution in [2.75, 3.05) is 32.8 Å². The van der Waals surface area contributed by atoms with E-state index >= 15 is 0 Å². The fourth-order valence-electron chi connectivity index (χ4n) is 8.04. The van der Waals surface area contributed by atoms with Crippen molar-refractivity contribution >= 4 is 65.0 Å². The number of nitrogens with one attached hydrogen (secondary N) is 9. The number of hydrogen-bond donors (Lipinski definition) is 14. The Morgan fingerprint density at radius 2 is 1.22 bits per heavy atom. The minimum Gasteiger partial charge on any atom is -0.461 e. The molecule has 1 aromatic carbocycles. The lowest BCUT2D eigenvalue weighted by molar-refractivity contribution is -0.151. The number of aliphatic hydroxyl groups is 3. The van der Waals surface area contributed by atoms with Crippen LogP contribution in [-0.4, -0.2) is 162 Å². The quantitative estimate of drug-likeness (QED) is 0.0443. The zero-order chi connectivity index (χ0) is 57.3. The van der Waals surface area contributed by atoms with Gasteiger partial charge in [-0.2, -0.15) is 0 Å². The predicted molar refractivity (Wildman–Crippen MR) is 279 cm³/mol. The lowest BCUT2D eigenvalue weighted by Gasteiger charge is -2.28. The molecule has 1 heterocycles. The molecule has 0 bridgehead atoms. The lowest BCUT2D eigenvalue weighted by atomic mass is 10.0. The Balaban J connectivity index is 2.44. The molecule has 26 nitrogen and oxygen atoms in total. The molecule has 0 saturated carbocycles. The minimum absolute atomic E-state index is 0.0669. The van der Waals surface area contributed by atoms with E-state index in [-0.39, 0.29) is 44.3 Å². The summed E-state index contributed by atoms with van der Waals surface area (Å²) in [5.74, 6) is -10.9. The maximum atomic E-state index is 13.8. The molecule has 26 heteroatoms. The molecule has 9 unspecified atom stereocenters. The number of amides is 10. The molecule has 0 spiro atoms. The summed E-state index contributed by atoms with van der Waals surface area (Å²) in [6.07, 6.45) is 5.86. The van der Waals surface area contributed by atoms with Crippen LogP contribution in [0.25, 0.3) is 0 Å². The molecule has 0 aliphatic carbocycles. The number of esters is 1. The summed E-state index contributed by atoms with van der Waals surface area (Å²) < 4.78 is 5.64. The number of aliphatic hydroxyl groups excluding tert-OH is 3. The van der Waals surface area contributed by atoms with Crippen LogP contribution in [0.1, 0.15) is 142 Å². The van der Waals surface area contributed by atoms with Gasteiger partial charge in [-0.1, -0.05) is 101 Å². The molecule has 1 aliphatic heterocycles. The SMILES string of the molecule is CCCCCCCCCCCCCC1CC(=O)NC(C)C(=O)NC(CCCN)C(=O)NCCC(=O)NC(CO)C(=O)NC(C(C)O)C(=O)NC(CC(N)=O)C(=O)NC(C(O)c2ccccc2)C(=O)NCC(=O)NCC(=O)O1. The van der Waals surface area contributed by atoms with Gasteiger partial charge in [0.25, 0.3) is 0 Å². The molecule has 1 aliphatic rings. The Labute approximate surface area is 449 Å². The number of hydrogen-bond acceptors (Lipinski definition) is 16. The van der Waals surface area contributed by atoms with Gasteiger partial charge < -0.3 is 79.4 Å². The summed E-state index contributed by atoms with van der Waals surface area (Å²) in [6.45, 7) is 1.90. The van der Waals surface area contributed by atoms with Gasteiger partial charge in [-0.25, -0.2) is 0 Å². The van der Waals surface area contributed by atoms with Crippen molar-refractivity contribution in [2.24, 2.45) is 11.5 Å². The van der Waals surface area contributed by atoms with Crippen LogP contribution in [0.15, 0.2) is 30.3 Å². The van der Waals surface area contributed by atoms with Crippen LogP contribution in [0.3, 0.4) is 0 Å². The van der Waals surface area contributed by atoms with Crippen molar-refractivity contribution in [2.45, 2.75) is 184 Å². The van der Waals surface area contributed by atoms with Crippen LogP contribution in [-0.2, 0) is 57.5 Å². The van der Waals surface area contributed by atoms with Crippen LogP contribution < -0.4 is 59.3 Å². The number of benzene rings is 1. The molecule has 0 aromatic heterocycles. The zero-order valence-corrected chi connectivity index (χ0v) is 44.5. The number of cyclic esters (lactones) is 1. The average Bonchev–Trinajstić information content (AvgIpc) is 3.38. The van der Waals surface area contributed by atoms with Crippen LogP contribution in [0, 0.1) is 0 Å². The van der Waals surface area contributed by atoms with E-state index in [0.717, 1.165) is 39.0 Å². The number of primary amides is 1. The molecule has 2 rings (SSSR count). The minimum atomic E-state index is -1.92. The Kier molecular flexibility index (Phi) is 31.9. The van der Waals surface area contributed by atoms with Crippen LogP contribution >= 0.6 is 0 Å². The Morgan fingerprint density at radius 3 is 1.82 bits per heavy atom. The van der Waals surface area contributed by atoms with Gasteiger partial charge in [-0.15, -0.1) is 0 Å². The summed E-state index contributed by atoms with van der Waals surface area (Å²) in [6, 6.07) is -2.38. The first-order valence-electron chi connectivity index (χ1n) is 26.5. The van der Waals surface area contributed by atoms with E-state index in [4.69, 9.17) is 16.2 Å². The van der Waals surface area contributed by atoms with E-state index in [1.807, 2.05) is 0 Å². The van der Waals surface area contributed by atoms with E-state index in [9.17, 15) is 68.1 Å². The number of unbranched alkanes of at least 4 members (excludes halogenated alkanes) is 10. The summed E-state index contributed by atoms with van der Waals surface area (Å²) in [5.41, 5.74) is 11.2. The highest BCUT2D eigenvalue weighted by Crippen LogP contribution is 2.18. The van der Waals surface area contributed by atoms with Crippen molar-refractivity contribution in [1.82, 2.24) is 47.9 Å². The second-order valence-electron chi connectivity index (χ2n) is 19.1. The van der Waals surface area contributed by atoms with Gasteiger partial charge in [-0.05, 0) is 51.6 Å². The largest absolute Gasteiger partial charge is 0.461 e. The molecule has 432 valence electrons. The fraction of sp³-hybridized carbons (Fsp3) is 0.667. The first-order chi connectivity index (χ1) is 36.7. The van der Waals surface area contributed by atoms with E-state index in [1.165, 1.54) is 63.3 Å². The third-order valence-corrected chi connectivity index (χ3v) is 12.4. The Morgan fingerprint density at radius 1 is 0.623 bits per heavy atom. The summed E-state index contributed by atoms with van der Waals surface area (Å²) in [4.78, 5) is 146. The van der Waals surface area contributed by atoms with Crippen LogP contribution in [0.5, 0.6) is 0 Å². The molecular formula is C51H83N11O15. The van der Waals surface area contributed by atoms with Gasteiger partial charge in [0.05, 0.1) is 32.1 Å². The standard InChI is InChI=1S/C51H83N11O15/c1-4-5-6-7-8-9-10-11-12-13-17-21-34-26-40(67)57-31(2)46(71)59-35(22-18-24-52)47(72)54-25-23-39(66)58-37(30-63)49(74)61-43(32(3)64)51(76)60-36(27-38(53)65)48(73)62-44(45(70)33-19-15-14-16-20-33)50(75)56-28-41(68)55-29-42(69)77-34/h14-16,19-20,31-32,34-37,43-45,63-64,70H,4-13,17-18,21-30,52H2,1-3H3,(H2,53,65)(H,54,72)(H,55,68)(H,56,75)(H,57,67)(H,58,66)(H,59,71)(H,60,76)(H,61,74)(H,62,73). The van der Waals surface area contributed by atoms with Crippen LogP contribution in [0.2, 0.25) is 0 Å². The van der Waals surface area contributed by atoms with Crippen molar-refractivity contribution in [1.29, 1.82) is 0 Å². The van der Waals surface area contributed by atoms with Crippen molar-refractivity contribution in [3.63, 3.8) is 0 Å². The maximum absolute atomic E-state index is 13.8. The molecule has 0 radical (unpaired) electrons. The van der Waals surface area contributed by atoms with Crippen molar-refractivity contribution < 1.29 is 72.8 Å². The number of nitrogens with two attached hydrogens (primary N) is 2. The highest BCUT2D eigenvalue weighted by atomic mass is 16.5. The van der Waals surface area contributed by atoms with E-state index in [2.05, 4.69) is 54.8 Å². The van der Waals surface area contributed by atoms with E-state index < -0.39 is 152 Å². The normalized spacial score (nSPS) is 23.8. The molecular weight excluding hydrogens is 1010 g/mol. The third kappa shape index (κ3) is 26.7. The summed E-state index contributed by atoms with van der Waals surface area (Å²) in [5, 5.41) is 52.9. The molecule has 1 aromatic rings. The van der Waals surface area contributed by atoms with Gasteiger partial charge in [0.1, 0.15) is 55.0 Å². The third-order valence-electron chi connectivity index (χ3n) is 12.4. The second kappa shape index (κ2) is 37.1. The Bertz CT molecular complexity index is 2080. The fourth-order valence-corrected chi connectivity index (χ4v) is 8.04. The summed E-state index contributed by atoms with van der Waals surface area (Å²) >= 11 is 0. The highest BCUT2D eigenvalue weighted by molar-refractivity contribution is 5.98. The highest BCUT2D eigenvalue weighted by Gasteiger charge is 2.36. The van der Waals surface area contributed by atoms with Gasteiger partial charge in [-0.3, -0.25) is 52.7 Å². The first kappa shape index (κ1) is 66.3.